The number of anilines is 6. The maximum Gasteiger partial charge on any atom is 0.252 e. The first-order valence-electron chi connectivity index (χ1n) is 30.0. The van der Waals surface area contributed by atoms with Gasteiger partial charge in [0.1, 0.15) is 0 Å². The van der Waals surface area contributed by atoms with E-state index in [1.54, 1.807) is 0 Å². The van der Waals surface area contributed by atoms with Gasteiger partial charge in [-0.25, -0.2) is 0 Å². The molecule has 1 aromatic heterocycles. The molecule has 0 fully saturated rings. The summed E-state index contributed by atoms with van der Waals surface area (Å²) < 4.78 is 2.51. The van der Waals surface area contributed by atoms with E-state index in [0.29, 0.717) is 0 Å². The van der Waals surface area contributed by atoms with Crippen molar-refractivity contribution < 1.29 is 0 Å². The summed E-state index contributed by atoms with van der Waals surface area (Å²) in [6.45, 7) is 6.94. The first-order valence-corrected chi connectivity index (χ1v) is 30.0. The van der Waals surface area contributed by atoms with Gasteiger partial charge in [0, 0.05) is 55.8 Å². The monoisotopic (exact) mass is 1100 g/mol. The van der Waals surface area contributed by atoms with Crippen molar-refractivity contribution in [3.8, 4) is 72.4 Å². The van der Waals surface area contributed by atoms with Gasteiger partial charge in [0.2, 0.25) is 0 Å². The van der Waals surface area contributed by atoms with Crippen LogP contribution in [-0.4, -0.2) is 11.3 Å². The van der Waals surface area contributed by atoms with Gasteiger partial charge >= 0.3 is 0 Å². The molecule has 86 heavy (non-hydrogen) atoms. The number of hydrogen-bond donors (Lipinski definition) is 0. The van der Waals surface area contributed by atoms with Gasteiger partial charge in [-0.2, -0.15) is 0 Å². The third-order valence-corrected chi connectivity index (χ3v) is 17.9. The van der Waals surface area contributed by atoms with Crippen LogP contribution in [0.2, 0.25) is 0 Å². The summed E-state index contributed by atoms with van der Waals surface area (Å²) in [5.74, 6) is 0. The van der Waals surface area contributed by atoms with Gasteiger partial charge in [-0.15, -0.1) is 0 Å². The second-order valence-electron chi connectivity index (χ2n) is 24.0. The lowest BCUT2D eigenvalue weighted by Gasteiger charge is -2.46. The van der Waals surface area contributed by atoms with Gasteiger partial charge in [-0.1, -0.05) is 288 Å². The van der Waals surface area contributed by atoms with E-state index in [-0.39, 0.29) is 12.1 Å². The molecule has 0 aliphatic carbocycles. The summed E-state index contributed by atoms with van der Waals surface area (Å²) in [6.07, 6.45) is 0. The van der Waals surface area contributed by atoms with E-state index in [0.717, 1.165) is 78.3 Å². The lowest BCUT2D eigenvalue weighted by atomic mass is 9.33. The lowest BCUT2D eigenvalue weighted by Crippen LogP contribution is -2.61. The fourth-order valence-electron chi connectivity index (χ4n) is 14.0. The highest BCUT2D eigenvalue weighted by Crippen LogP contribution is 2.55. The van der Waals surface area contributed by atoms with Crippen LogP contribution in [0.25, 0.3) is 94.3 Å². The largest absolute Gasteiger partial charge is 0.310 e. The van der Waals surface area contributed by atoms with Crippen LogP contribution in [-0.2, 0) is 5.41 Å². The second kappa shape index (κ2) is 20.6. The molecule has 0 bridgehead atoms. The van der Waals surface area contributed by atoms with Gasteiger partial charge in [-0.05, 0) is 114 Å². The predicted molar refractivity (Wildman–Crippen MR) is 366 cm³/mol. The quantitative estimate of drug-likeness (QED) is 0.133. The van der Waals surface area contributed by atoms with Crippen LogP contribution in [0.4, 0.5) is 34.1 Å². The number of hydrogen-bond acceptors (Lipinski definition) is 2. The standard InChI is InChI=1S/C82H60BN3/c1-82(2,3)63-53-75-78-76(54-63)86(80-67(59-35-18-8-19-36-59)44-26-45-68(80)60-37-20-9-21-38-60)81-70(48-50-74-77(81)69-41-22-23-46-72(69)84(74)64-40-24-39-61(51-64)55-27-10-4-11-28-55)83(78)71-52-62(56-29-12-5-13-30-56)47-49-73(71)85(75)79-65(57-31-14-6-15-32-57)42-25-43-66(79)58-33-16-7-17-34-58/h4-54H,1-3H3. The van der Waals surface area contributed by atoms with Crippen LogP contribution in [0.15, 0.2) is 309 Å². The highest BCUT2D eigenvalue weighted by molar-refractivity contribution is 7.00. The van der Waals surface area contributed by atoms with Crippen LogP contribution in [0.1, 0.15) is 26.3 Å². The molecule has 0 N–H and O–H groups in total. The Morgan fingerprint density at radius 2 is 0.721 bits per heavy atom. The van der Waals surface area contributed by atoms with Crippen molar-refractivity contribution in [3.05, 3.63) is 315 Å². The molecule has 2 aliphatic rings. The summed E-state index contributed by atoms with van der Waals surface area (Å²) >= 11 is 0. The Hall–Kier alpha value is -10.7. The second-order valence-corrected chi connectivity index (χ2v) is 24.0. The molecule has 3 nitrogen and oxygen atoms in total. The number of nitrogens with zero attached hydrogens (tertiary/aromatic N) is 3. The number of para-hydroxylation sites is 3. The molecule has 0 radical (unpaired) electrons. The normalized spacial score (nSPS) is 12.5. The molecule has 2 aliphatic heterocycles. The van der Waals surface area contributed by atoms with Crippen LogP contribution in [0.5, 0.6) is 0 Å². The van der Waals surface area contributed by atoms with Crippen LogP contribution in [0.3, 0.4) is 0 Å². The van der Waals surface area contributed by atoms with Crippen LogP contribution >= 0.6 is 0 Å². The fraction of sp³-hybridized carbons (Fsp3) is 0.0488. The Morgan fingerprint density at radius 3 is 1.23 bits per heavy atom. The zero-order valence-electron chi connectivity index (χ0n) is 48.4. The van der Waals surface area contributed by atoms with Gasteiger partial charge in [-0.3, -0.25) is 0 Å². The van der Waals surface area contributed by atoms with Crippen LogP contribution in [0, 0.1) is 0 Å². The summed E-state index contributed by atoms with van der Waals surface area (Å²) in [5, 5.41) is 2.41. The summed E-state index contributed by atoms with van der Waals surface area (Å²) in [4.78, 5) is 5.39. The van der Waals surface area contributed by atoms with E-state index < -0.39 is 0 Å². The molecular formula is C82H60BN3. The lowest BCUT2D eigenvalue weighted by molar-refractivity contribution is 0.590. The van der Waals surface area contributed by atoms with Crippen molar-refractivity contribution in [2.75, 3.05) is 9.80 Å². The Labute approximate surface area is 504 Å². The minimum atomic E-state index is -0.274. The number of rotatable bonds is 9. The topological polar surface area (TPSA) is 11.4 Å². The minimum Gasteiger partial charge on any atom is -0.310 e. The molecule has 0 spiro atoms. The van der Waals surface area contributed by atoms with E-state index in [1.165, 1.54) is 72.0 Å². The minimum absolute atomic E-state index is 0.198. The van der Waals surface area contributed by atoms with E-state index in [1.807, 2.05) is 0 Å². The number of benzene rings is 13. The molecule has 0 atom stereocenters. The highest BCUT2D eigenvalue weighted by Gasteiger charge is 2.47. The SMILES string of the molecule is CC(C)(C)c1cc2c3c(c1)N(c1c(-c4ccccc4)cccc1-c1ccccc1)c1c(ccc4c1c1ccccc1n4-c1cccc(-c4ccccc4)c1)B3c1cc(-c3ccccc3)ccc1N2c1c(-c2ccccc2)cccc1-c1ccccc1. The Balaban J connectivity index is 1.10. The highest BCUT2D eigenvalue weighted by atomic mass is 15.2. The Bertz CT molecular complexity index is 4780. The van der Waals surface area contributed by atoms with Crippen molar-refractivity contribution in [3.63, 3.8) is 0 Å². The third-order valence-electron chi connectivity index (χ3n) is 17.9. The first kappa shape index (κ1) is 51.0. The molecule has 14 aromatic rings. The van der Waals surface area contributed by atoms with Crippen molar-refractivity contribution in [1.82, 2.24) is 4.57 Å². The average molecular weight is 1100 g/mol. The van der Waals surface area contributed by atoms with E-state index in [4.69, 9.17) is 0 Å². The smallest absolute Gasteiger partial charge is 0.252 e. The van der Waals surface area contributed by atoms with Gasteiger partial charge in [0.05, 0.1) is 28.1 Å². The molecule has 4 heteroatoms. The summed E-state index contributed by atoms with van der Waals surface area (Å²) in [7, 11) is 0. The van der Waals surface area contributed by atoms with E-state index in [9.17, 15) is 0 Å². The van der Waals surface area contributed by atoms with Crippen molar-refractivity contribution in [1.29, 1.82) is 0 Å². The fourth-order valence-corrected chi connectivity index (χ4v) is 14.0. The van der Waals surface area contributed by atoms with Gasteiger partial charge in [0.25, 0.3) is 6.71 Å². The molecule has 0 saturated heterocycles. The van der Waals surface area contributed by atoms with Crippen molar-refractivity contribution in [2.45, 2.75) is 26.2 Å². The first-order chi connectivity index (χ1) is 42.4. The summed E-state index contributed by atoms with van der Waals surface area (Å²) in [6, 6.07) is 115. The molecule has 0 unspecified atom stereocenters. The van der Waals surface area contributed by atoms with E-state index in [2.05, 4.69) is 345 Å². The third kappa shape index (κ3) is 8.35. The zero-order valence-corrected chi connectivity index (χ0v) is 48.4. The summed E-state index contributed by atoms with van der Waals surface area (Å²) in [5.41, 5.74) is 29.1. The molecule has 13 aromatic carbocycles. The Morgan fingerprint density at radius 1 is 0.291 bits per heavy atom. The van der Waals surface area contributed by atoms with E-state index >= 15 is 0 Å². The molecule has 3 heterocycles. The number of aromatic nitrogens is 1. The Kier molecular flexibility index (Phi) is 12.2. The molecule has 406 valence electrons. The molecule has 0 saturated carbocycles. The number of fused-ring (bicyclic) bond motifs is 8. The zero-order chi connectivity index (χ0) is 57.5. The van der Waals surface area contributed by atoms with Gasteiger partial charge < -0.3 is 14.4 Å². The van der Waals surface area contributed by atoms with Gasteiger partial charge in [0.15, 0.2) is 0 Å². The van der Waals surface area contributed by atoms with Crippen molar-refractivity contribution in [2.24, 2.45) is 0 Å². The molecule has 0 amide bonds. The van der Waals surface area contributed by atoms with Crippen molar-refractivity contribution >= 4 is 79.0 Å². The van der Waals surface area contributed by atoms with Crippen LogP contribution < -0.4 is 26.2 Å². The molecule has 16 rings (SSSR count). The predicted octanol–water partition coefficient (Wildman–Crippen LogP) is 20.2. The maximum atomic E-state index is 2.73. The average Bonchev–Trinajstić information content (AvgIpc) is 1.09. The molecular weight excluding hydrogens is 1040 g/mol. The maximum absolute atomic E-state index is 2.73.